The molecule has 0 aliphatic rings. The van der Waals surface area contributed by atoms with Crippen LogP contribution in [0.15, 0.2) is 42.5 Å². The normalized spacial score (nSPS) is 11.7. The van der Waals surface area contributed by atoms with Crippen molar-refractivity contribution in [1.82, 2.24) is 10.3 Å². The molecule has 2 rings (SSSR count). The molecule has 2 N–H and O–H groups in total. The van der Waals surface area contributed by atoms with Gasteiger partial charge < -0.3 is 10.4 Å². The Morgan fingerprint density at radius 1 is 1.19 bits per heavy atom. The van der Waals surface area contributed by atoms with E-state index in [4.69, 9.17) is 0 Å². The Kier molecular flexibility index (Phi) is 4.33. The number of amides is 1. The van der Waals surface area contributed by atoms with Crippen molar-refractivity contribution in [3.05, 3.63) is 65.0 Å². The molecule has 108 valence electrons. The van der Waals surface area contributed by atoms with Crippen molar-refractivity contribution in [2.45, 2.75) is 12.8 Å². The molecule has 0 aliphatic carbocycles. The SMILES string of the molecule is CNC(=O)c1cc(C(=O)O)cc([C@@H](C)c2ccccc2)n1. The molecule has 0 radical (unpaired) electrons. The van der Waals surface area contributed by atoms with E-state index in [0.29, 0.717) is 5.69 Å². The van der Waals surface area contributed by atoms with E-state index >= 15 is 0 Å². The van der Waals surface area contributed by atoms with E-state index in [0.717, 1.165) is 5.56 Å². The van der Waals surface area contributed by atoms with Gasteiger partial charge in [-0.1, -0.05) is 37.3 Å². The van der Waals surface area contributed by atoms with E-state index in [-0.39, 0.29) is 17.2 Å². The molecule has 0 unspecified atom stereocenters. The van der Waals surface area contributed by atoms with Crippen LogP contribution < -0.4 is 5.32 Å². The number of carboxylic acid groups (broad SMARTS) is 1. The minimum atomic E-state index is -1.08. The molecule has 1 heterocycles. The zero-order chi connectivity index (χ0) is 15.4. The van der Waals surface area contributed by atoms with Crippen molar-refractivity contribution in [3.8, 4) is 0 Å². The number of carboxylic acids is 1. The lowest BCUT2D eigenvalue weighted by molar-refractivity contribution is 0.0696. The third-order valence-electron chi connectivity index (χ3n) is 3.30. The summed E-state index contributed by atoms with van der Waals surface area (Å²) in [6.45, 7) is 1.93. The summed E-state index contributed by atoms with van der Waals surface area (Å²) < 4.78 is 0. The molecule has 21 heavy (non-hydrogen) atoms. The molecule has 0 saturated carbocycles. The summed E-state index contributed by atoms with van der Waals surface area (Å²) in [5.41, 5.74) is 1.73. The molecule has 0 spiro atoms. The van der Waals surface area contributed by atoms with Crippen LogP contribution in [-0.4, -0.2) is 29.0 Å². The molecule has 1 aromatic carbocycles. The van der Waals surface area contributed by atoms with Crippen molar-refractivity contribution < 1.29 is 14.7 Å². The molecule has 1 atom stereocenters. The maximum absolute atomic E-state index is 11.7. The predicted octanol–water partition coefficient (Wildman–Crippen LogP) is 2.29. The van der Waals surface area contributed by atoms with Gasteiger partial charge in [0.2, 0.25) is 0 Å². The van der Waals surface area contributed by atoms with Gasteiger partial charge in [0.25, 0.3) is 5.91 Å². The number of nitrogens with zero attached hydrogens (tertiary/aromatic N) is 1. The molecule has 5 nitrogen and oxygen atoms in total. The summed E-state index contributed by atoms with van der Waals surface area (Å²) in [6, 6.07) is 12.4. The fourth-order valence-electron chi connectivity index (χ4n) is 2.05. The Hall–Kier alpha value is -2.69. The number of carbonyl (C=O) groups is 2. The summed E-state index contributed by atoms with van der Waals surface area (Å²) in [6.07, 6.45) is 0. The molecule has 1 amide bonds. The number of hydrogen-bond donors (Lipinski definition) is 2. The van der Waals surface area contributed by atoms with Gasteiger partial charge in [0.15, 0.2) is 0 Å². The summed E-state index contributed by atoms with van der Waals surface area (Å²) >= 11 is 0. The molecule has 5 heteroatoms. The number of benzene rings is 1. The van der Waals surface area contributed by atoms with Crippen molar-refractivity contribution >= 4 is 11.9 Å². The highest BCUT2D eigenvalue weighted by molar-refractivity contribution is 5.95. The molecule has 0 saturated heterocycles. The summed E-state index contributed by atoms with van der Waals surface area (Å²) in [7, 11) is 1.48. The lowest BCUT2D eigenvalue weighted by Gasteiger charge is -2.13. The molecular formula is C16H16N2O3. The third-order valence-corrected chi connectivity index (χ3v) is 3.30. The quantitative estimate of drug-likeness (QED) is 0.902. The second-order valence-electron chi connectivity index (χ2n) is 4.68. The highest BCUT2D eigenvalue weighted by Crippen LogP contribution is 2.23. The number of pyridine rings is 1. The van der Waals surface area contributed by atoms with Gasteiger partial charge in [-0.05, 0) is 17.7 Å². The van der Waals surface area contributed by atoms with Crippen LogP contribution in [0.25, 0.3) is 0 Å². The Balaban J connectivity index is 2.50. The Bertz CT molecular complexity index is 668. The largest absolute Gasteiger partial charge is 0.478 e. The van der Waals surface area contributed by atoms with Gasteiger partial charge >= 0.3 is 5.97 Å². The number of aromatic nitrogens is 1. The van der Waals surface area contributed by atoms with Crippen molar-refractivity contribution in [3.63, 3.8) is 0 Å². The van der Waals surface area contributed by atoms with Gasteiger partial charge in [-0.2, -0.15) is 0 Å². The highest BCUT2D eigenvalue weighted by atomic mass is 16.4. The second-order valence-corrected chi connectivity index (χ2v) is 4.68. The van der Waals surface area contributed by atoms with E-state index in [2.05, 4.69) is 10.3 Å². The Labute approximate surface area is 122 Å². The van der Waals surface area contributed by atoms with Crippen molar-refractivity contribution in [1.29, 1.82) is 0 Å². The van der Waals surface area contributed by atoms with Gasteiger partial charge in [-0.15, -0.1) is 0 Å². The fraction of sp³-hybridized carbons (Fsp3) is 0.188. The third kappa shape index (κ3) is 3.25. The van der Waals surface area contributed by atoms with E-state index in [1.165, 1.54) is 19.2 Å². The first kappa shape index (κ1) is 14.7. The fourth-order valence-corrected chi connectivity index (χ4v) is 2.05. The topological polar surface area (TPSA) is 79.3 Å². The molecule has 0 bridgehead atoms. The van der Waals surface area contributed by atoms with Crippen molar-refractivity contribution in [2.24, 2.45) is 0 Å². The first-order valence-electron chi connectivity index (χ1n) is 6.55. The molecule has 0 aliphatic heterocycles. The Morgan fingerprint density at radius 2 is 1.86 bits per heavy atom. The number of hydrogen-bond acceptors (Lipinski definition) is 3. The van der Waals surface area contributed by atoms with Gasteiger partial charge in [-0.3, -0.25) is 4.79 Å². The average molecular weight is 284 g/mol. The minimum Gasteiger partial charge on any atom is -0.478 e. The lowest BCUT2D eigenvalue weighted by Crippen LogP contribution is -2.21. The smallest absolute Gasteiger partial charge is 0.335 e. The van der Waals surface area contributed by atoms with Gasteiger partial charge in [0.1, 0.15) is 5.69 Å². The van der Waals surface area contributed by atoms with Gasteiger partial charge in [0.05, 0.1) is 5.56 Å². The van der Waals surface area contributed by atoms with Gasteiger partial charge in [-0.25, -0.2) is 9.78 Å². The zero-order valence-electron chi connectivity index (χ0n) is 11.8. The number of rotatable bonds is 4. The molecule has 0 fully saturated rings. The van der Waals surface area contributed by atoms with Crippen LogP contribution in [0, 0.1) is 0 Å². The van der Waals surface area contributed by atoms with Crippen LogP contribution in [0.4, 0.5) is 0 Å². The summed E-state index contributed by atoms with van der Waals surface area (Å²) in [5.74, 6) is -1.59. The zero-order valence-corrected chi connectivity index (χ0v) is 11.8. The number of nitrogens with one attached hydrogen (secondary N) is 1. The van der Waals surface area contributed by atoms with Crippen LogP contribution in [0.3, 0.4) is 0 Å². The maximum atomic E-state index is 11.7. The molecular weight excluding hydrogens is 268 g/mol. The second kappa shape index (κ2) is 6.17. The van der Waals surface area contributed by atoms with E-state index in [1.807, 2.05) is 37.3 Å². The maximum Gasteiger partial charge on any atom is 0.335 e. The van der Waals surface area contributed by atoms with Gasteiger partial charge in [0, 0.05) is 18.7 Å². The summed E-state index contributed by atoms with van der Waals surface area (Å²) in [4.78, 5) is 27.2. The highest BCUT2D eigenvalue weighted by Gasteiger charge is 2.17. The standard InChI is InChI=1S/C16H16N2O3/c1-10(11-6-4-3-5-7-11)13-8-12(16(20)21)9-14(18-13)15(19)17-2/h3-10H,1-2H3,(H,17,19)(H,20,21)/t10-/m0/s1. The predicted molar refractivity (Wildman–Crippen MR) is 78.5 cm³/mol. The van der Waals surface area contributed by atoms with Crippen LogP contribution in [0.1, 0.15) is 44.9 Å². The van der Waals surface area contributed by atoms with E-state index in [1.54, 1.807) is 0 Å². The molecule has 2 aromatic rings. The van der Waals surface area contributed by atoms with E-state index < -0.39 is 11.9 Å². The lowest BCUT2D eigenvalue weighted by atomic mass is 9.96. The van der Waals surface area contributed by atoms with Crippen molar-refractivity contribution in [2.75, 3.05) is 7.05 Å². The Morgan fingerprint density at radius 3 is 2.43 bits per heavy atom. The van der Waals surface area contributed by atoms with Crippen LogP contribution in [-0.2, 0) is 0 Å². The average Bonchev–Trinajstić information content (AvgIpc) is 2.53. The summed E-state index contributed by atoms with van der Waals surface area (Å²) in [5, 5.41) is 11.6. The number of carbonyl (C=O) groups excluding carboxylic acids is 1. The van der Waals surface area contributed by atoms with Crippen LogP contribution in [0.5, 0.6) is 0 Å². The van der Waals surface area contributed by atoms with Crippen LogP contribution >= 0.6 is 0 Å². The first-order valence-corrected chi connectivity index (χ1v) is 6.55. The van der Waals surface area contributed by atoms with Crippen LogP contribution in [0.2, 0.25) is 0 Å². The monoisotopic (exact) mass is 284 g/mol. The first-order chi connectivity index (χ1) is 10.0. The van der Waals surface area contributed by atoms with E-state index in [9.17, 15) is 14.7 Å². The molecule has 1 aromatic heterocycles. The minimum absolute atomic E-state index is 0.0568. The number of aromatic carboxylic acids is 1.